The molecule has 0 aromatic carbocycles. The Morgan fingerprint density at radius 2 is 1.67 bits per heavy atom. The van der Waals surface area contributed by atoms with Crippen molar-refractivity contribution in [2.45, 2.75) is 18.2 Å². The van der Waals surface area contributed by atoms with Crippen LogP contribution in [0.1, 0.15) is 0 Å². The van der Waals surface area contributed by atoms with Gasteiger partial charge < -0.3 is 9.53 Å². The highest BCUT2D eigenvalue weighted by Gasteiger charge is 2.45. The molecule has 4 N–H and O–H groups in total. The van der Waals surface area contributed by atoms with Crippen molar-refractivity contribution >= 4 is 37.4 Å². The Morgan fingerprint density at radius 1 is 1.08 bits per heavy atom. The smallest absolute Gasteiger partial charge is 0.373 e. The van der Waals surface area contributed by atoms with Crippen molar-refractivity contribution in [1.29, 1.82) is 0 Å². The van der Waals surface area contributed by atoms with E-state index in [1.54, 1.807) is 0 Å². The van der Waals surface area contributed by atoms with E-state index in [-0.39, 0.29) is 6.29 Å². The van der Waals surface area contributed by atoms with Crippen LogP contribution in [0.15, 0.2) is 0 Å². The monoisotopic (exact) mass is 415 g/mol. The van der Waals surface area contributed by atoms with Gasteiger partial charge in [0.2, 0.25) is 0 Å². The molecule has 0 radical (unpaired) electrons. The van der Waals surface area contributed by atoms with Gasteiger partial charge >= 0.3 is 31.1 Å². The van der Waals surface area contributed by atoms with Gasteiger partial charge in [-0.25, -0.2) is 8.37 Å². The number of carbonyl (C=O) groups excluding carboxylic acids is 1. The van der Waals surface area contributed by atoms with E-state index in [1.807, 2.05) is 0 Å². The lowest BCUT2D eigenvalue weighted by Gasteiger charge is -2.38. The fourth-order valence-electron chi connectivity index (χ4n) is 1.95. The van der Waals surface area contributed by atoms with Gasteiger partial charge in [0.05, 0.1) is 31.3 Å². The lowest BCUT2D eigenvalue weighted by Crippen LogP contribution is -2.59. The first-order valence-corrected chi connectivity index (χ1v) is 9.98. The van der Waals surface area contributed by atoms with Gasteiger partial charge in [-0.05, 0) is 0 Å². The molecule has 1 heterocycles. The van der Waals surface area contributed by atoms with Crippen molar-refractivity contribution in [1.82, 2.24) is 4.72 Å². The first kappa shape index (κ1) is 21.3. The first-order valence-electron chi connectivity index (χ1n) is 5.81. The van der Waals surface area contributed by atoms with E-state index in [0.29, 0.717) is 0 Å². The molecule has 0 saturated carbocycles. The number of nitrogens with one attached hydrogen (secondary N) is 1. The minimum absolute atomic E-state index is 0.0334. The number of hydrogen-bond donors (Lipinski definition) is 4. The third-order valence-electron chi connectivity index (χ3n) is 2.77. The van der Waals surface area contributed by atoms with Gasteiger partial charge in [-0.1, -0.05) is 0 Å². The molecule has 0 bridgehead atoms. The predicted octanol–water partition coefficient (Wildman–Crippen LogP) is -3.03. The maximum absolute atomic E-state index is 11.2. The molecular weight excluding hydrogens is 402 g/mol. The van der Waals surface area contributed by atoms with E-state index in [0.717, 1.165) is 0 Å². The van der Waals surface area contributed by atoms with Crippen LogP contribution >= 0.6 is 0 Å². The summed E-state index contributed by atoms with van der Waals surface area (Å²) in [7, 11) is -14.9. The molecular formula is C7H13NO13S3. The molecule has 0 aromatic heterocycles. The summed E-state index contributed by atoms with van der Waals surface area (Å²) in [6.07, 6.45) is -3.34. The summed E-state index contributed by atoms with van der Waals surface area (Å²) < 4.78 is 105. The normalized spacial score (nSPS) is 29.3. The number of hydrogen-bond acceptors (Lipinski definition) is 10. The summed E-state index contributed by atoms with van der Waals surface area (Å²) in [5.74, 6) is -1.65. The van der Waals surface area contributed by atoms with Crippen LogP contribution in [0.25, 0.3) is 0 Å². The Balaban J connectivity index is 3.07. The lowest BCUT2D eigenvalue weighted by atomic mass is 9.90. The zero-order chi connectivity index (χ0) is 18.8. The predicted molar refractivity (Wildman–Crippen MR) is 71.7 cm³/mol. The van der Waals surface area contributed by atoms with E-state index in [1.165, 1.54) is 4.72 Å². The van der Waals surface area contributed by atoms with E-state index in [2.05, 4.69) is 8.37 Å². The van der Waals surface area contributed by atoms with Crippen LogP contribution in [0.5, 0.6) is 0 Å². The molecule has 14 nitrogen and oxygen atoms in total. The van der Waals surface area contributed by atoms with E-state index in [4.69, 9.17) is 18.4 Å². The molecule has 17 heteroatoms. The number of carbonyl (C=O) groups is 1. The zero-order valence-electron chi connectivity index (χ0n) is 11.4. The maximum atomic E-state index is 11.2. The molecule has 2 unspecified atom stereocenters. The molecule has 1 fully saturated rings. The van der Waals surface area contributed by atoms with Gasteiger partial charge in [0, 0.05) is 0 Å². The topological polar surface area (TPSA) is 220 Å². The van der Waals surface area contributed by atoms with Crippen molar-refractivity contribution < 1.29 is 56.8 Å². The number of rotatable bonds is 8. The quantitative estimate of drug-likeness (QED) is 0.229. The SMILES string of the molecule is O=C[C@@H]1C(COS(=O)(=O)O)OCC(NS(=O)(=O)O)[C@@H]1OS(=O)(=O)O. The van der Waals surface area contributed by atoms with Gasteiger partial charge in [-0.2, -0.15) is 30.0 Å². The highest BCUT2D eigenvalue weighted by molar-refractivity contribution is 7.83. The van der Waals surface area contributed by atoms with Crippen LogP contribution < -0.4 is 4.72 Å². The van der Waals surface area contributed by atoms with Gasteiger partial charge in [0.15, 0.2) is 0 Å². The Morgan fingerprint density at radius 3 is 2.08 bits per heavy atom. The van der Waals surface area contributed by atoms with Crippen LogP contribution in [0.3, 0.4) is 0 Å². The van der Waals surface area contributed by atoms with Crippen LogP contribution in [-0.2, 0) is 49.0 Å². The third-order valence-corrected chi connectivity index (χ3v) is 4.27. The highest BCUT2D eigenvalue weighted by atomic mass is 32.3. The van der Waals surface area contributed by atoms with Crippen molar-refractivity contribution in [2.75, 3.05) is 13.2 Å². The highest BCUT2D eigenvalue weighted by Crippen LogP contribution is 2.25. The summed E-state index contributed by atoms with van der Waals surface area (Å²) in [5, 5.41) is 0. The molecule has 0 aromatic rings. The fraction of sp³-hybridized carbons (Fsp3) is 0.857. The van der Waals surface area contributed by atoms with Crippen LogP contribution in [0, 0.1) is 5.92 Å². The van der Waals surface area contributed by atoms with Crippen molar-refractivity contribution in [3.8, 4) is 0 Å². The zero-order valence-corrected chi connectivity index (χ0v) is 13.9. The largest absolute Gasteiger partial charge is 0.397 e. The molecule has 0 spiro atoms. The molecule has 0 aliphatic carbocycles. The van der Waals surface area contributed by atoms with E-state index in [9.17, 15) is 30.0 Å². The summed E-state index contributed by atoms with van der Waals surface area (Å²) in [4.78, 5) is 11.2. The molecule has 142 valence electrons. The summed E-state index contributed by atoms with van der Waals surface area (Å²) in [5.41, 5.74) is 0. The number of aldehydes is 1. The minimum Gasteiger partial charge on any atom is -0.373 e. The second kappa shape index (κ2) is 7.64. The third kappa shape index (κ3) is 7.42. The molecule has 24 heavy (non-hydrogen) atoms. The fourth-order valence-corrected chi connectivity index (χ4v) is 3.39. The second-order valence-electron chi connectivity index (χ2n) is 4.49. The van der Waals surface area contributed by atoms with Gasteiger partial charge in [0.25, 0.3) is 0 Å². The Kier molecular flexibility index (Phi) is 6.77. The van der Waals surface area contributed by atoms with E-state index < -0.39 is 68.5 Å². The van der Waals surface area contributed by atoms with E-state index >= 15 is 0 Å². The van der Waals surface area contributed by atoms with Gasteiger partial charge in [-0.15, -0.1) is 0 Å². The van der Waals surface area contributed by atoms with Crippen LogP contribution in [0.2, 0.25) is 0 Å². The molecule has 1 saturated heterocycles. The summed E-state index contributed by atoms with van der Waals surface area (Å²) in [6, 6.07) is -1.63. The molecule has 1 rings (SSSR count). The van der Waals surface area contributed by atoms with Crippen LogP contribution in [-0.4, -0.2) is 76.7 Å². The molecule has 0 amide bonds. The van der Waals surface area contributed by atoms with Crippen molar-refractivity contribution in [3.05, 3.63) is 0 Å². The summed E-state index contributed by atoms with van der Waals surface area (Å²) >= 11 is 0. The Bertz CT molecular complexity index is 755. The van der Waals surface area contributed by atoms with Crippen LogP contribution in [0.4, 0.5) is 0 Å². The Labute approximate surface area is 136 Å². The molecule has 1 aliphatic heterocycles. The number of ether oxygens (including phenoxy) is 1. The molecule has 1 aliphatic rings. The second-order valence-corrected chi connectivity index (χ2v) is 7.81. The minimum atomic E-state index is -5.16. The average Bonchev–Trinajstić information content (AvgIpc) is 2.34. The van der Waals surface area contributed by atoms with Gasteiger partial charge in [0.1, 0.15) is 12.4 Å². The maximum Gasteiger partial charge on any atom is 0.397 e. The summed E-state index contributed by atoms with van der Waals surface area (Å²) in [6.45, 7) is -1.63. The van der Waals surface area contributed by atoms with Crippen molar-refractivity contribution in [3.63, 3.8) is 0 Å². The average molecular weight is 415 g/mol. The Hall–Kier alpha value is -0.760. The lowest BCUT2D eigenvalue weighted by molar-refractivity contribution is -0.138. The van der Waals surface area contributed by atoms with Gasteiger partial charge in [-0.3, -0.25) is 13.7 Å². The first-order chi connectivity index (χ1) is 10.7. The standard InChI is InChI=1S/C7H13NO13S3/c9-1-4-6(3-20-23(13,14)15)19-2-5(8-22(10,11)12)7(4)21-24(16,17)18/h1,4-8H,2-3H2,(H,10,11,12)(H,13,14,15)(H,16,17,18)/t4-,5?,6?,7-/m1/s1. The van der Waals surface area contributed by atoms with Crippen molar-refractivity contribution in [2.24, 2.45) is 5.92 Å². The molecule has 4 atom stereocenters.